The molecule has 0 saturated carbocycles. The number of urea groups is 1. The topological polar surface area (TPSA) is 88.1 Å². The van der Waals surface area contributed by atoms with Crippen LogP contribution < -0.4 is 19.7 Å². The lowest BCUT2D eigenvalue weighted by molar-refractivity contribution is -0.138. The van der Waals surface area contributed by atoms with E-state index in [1.807, 2.05) is 36.4 Å². The number of halogens is 3. The molecule has 0 fully saturated rings. The molecule has 0 spiro atoms. The monoisotopic (exact) mass is 640 g/mol. The number of hydrogen-bond donors (Lipinski definition) is 2. The van der Waals surface area contributed by atoms with Crippen molar-refractivity contribution in [3.05, 3.63) is 138 Å². The first-order chi connectivity index (χ1) is 22.5. The Morgan fingerprint density at radius 2 is 1.51 bits per heavy atom. The van der Waals surface area contributed by atoms with Gasteiger partial charge in [0.05, 0.1) is 5.56 Å². The number of carboxylic acids is 1. The molecule has 7 nitrogen and oxygen atoms in total. The average molecular weight is 641 g/mol. The maximum absolute atomic E-state index is 13.3. The highest BCUT2D eigenvalue weighted by Crippen LogP contribution is 2.35. The predicted octanol–water partition coefficient (Wildman–Crippen LogP) is 9.43. The van der Waals surface area contributed by atoms with Crippen molar-refractivity contribution in [2.45, 2.75) is 25.6 Å². The molecule has 0 aliphatic rings. The normalized spacial score (nSPS) is 11.1. The third-order valence-electron chi connectivity index (χ3n) is 7.26. The number of para-hydroxylation sites is 1. The summed E-state index contributed by atoms with van der Waals surface area (Å²) in [6.07, 6.45) is -4.33. The minimum atomic E-state index is -4.49. The van der Waals surface area contributed by atoms with Crippen molar-refractivity contribution in [2.24, 2.45) is 0 Å². The van der Waals surface area contributed by atoms with E-state index in [1.54, 1.807) is 73.8 Å². The average Bonchev–Trinajstić information content (AvgIpc) is 3.07. The van der Waals surface area contributed by atoms with Gasteiger partial charge < -0.3 is 19.9 Å². The van der Waals surface area contributed by atoms with Crippen LogP contribution in [0.4, 0.5) is 29.3 Å². The minimum absolute atomic E-state index is 0.0927. The number of ether oxygens (including phenoxy) is 2. The molecule has 0 aliphatic heterocycles. The van der Waals surface area contributed by atoms with Crippen LogP contribution in [0.1, 0.15) is 23.1 Å². The molecule has 0 aliphatic carbocycles. The number of amides is 2. The van der Waals surface area contributed by atoms with Crippen molar-refractivity contribution >= 4 is 23.4 Å². The maximum atomic E-state index is 13.3. The molecule has 5 aromatic carbocycles. The number of rotatable bonds is 11. The van der Waals surface area contributed by atoms with Crippen LogP contribution in [0.3, 0.4) is 0 Å². The molecular formula is C37H31F3N2O5. The van der Waals surface area contributed by atoms with Gasteiger partial charge >= 0.3 is 18.2 Å². The third kappa shape index (κ3) is 8.91. The van der Waals surface area contributed by atoms with Gasteiger partial charge in [0.15, 0.2) is 0 Å². The Morgan fingerprint density at radius 1 is 0.787 bits per heavy atom. The number of carboxylic acid groups (broad SMARTS) is 1. The van der Waals surface area contributed by atoms with Crippen molar-refractivity contribution in [3.63, 3.8) is 0 Å². The van der Waals surface area contributed by atoms with Gasteiger partial charge in [-0.2, -0.15) is 13.2 Å². The predicted molar refractivity (Wildman–Crippen MR) is 174 cm³/mol. The van der Waals surface area contributed by atoms with Gasteiger partial charge in [-0.25, -0.2) is 4.79 Å². The zero-order valence-electron chi connectivity index (χ0n) is 25.3. The number of benzene rings is 5. The van der Waals surface area contributed by atoms with E-state index >= 15 is 0 Å². The van der Waals surface area contributed by atoms with Gasteiger partial charge in [-0.3, -0.25) is 9.69 Å². The second kappa shape index (κ2) is 14.6. The summed E-state index contributed by atoms with van der Waals surface area (Å²) >= 11 is 0. The molecule has 47 heavy (non-hydrogen) atoms. The molecule has 2 N–H and O–H groups in total. The lowest BCUT2D eigenvalue weighted by atomic mass is 10.00. The molecule has 0 unspecified atom stereocenters. The molecule has 0 aromatic heterocycles. The fraction of sp³-hybridized carbons (Fsp3) is 0.135. The van der Waals surface area contributed by atoms with E-state index in [0.717, 1.165) is 12.1 Å². The number of aliphatic carboxylic acids is 1. The van der Waals surface area contributed by atoms with E-state index < -0.39 is 17.7 Å². The van der Waals surface area contributed by atoms with Crippen LogP contribution in [0.25, 0.3) is 11.1 Å². The second-order valence-corrected chi connectivity index (χ2v) is 10.7. The van der Waals surface area contributed by atoms with Crippen LogP contribution in [0.2, 0.25) is 0 Å². The largest absolute Gasteiger partial charge is 0.488 e. The fourth-order valence-corrected chi connectivity index (χ4v) is 4.77. The Bertz CT molecular complexity index is 1840. The molecule has 0 bridgehead atoms. The summed E-state index contributed by atoms with van der Waals surface area (Å²) in [7, 11) is 1.63. The van der Waals surface area contributed by atoms with Gasteiger partial charge in [-0.15, -0.1) is 0 Å². The molecule has 0 saturated heterocycles. The van der Waals surface area contributed by atoms with E-state index in [2.05, 4.69) is 5.32 Å². The highest BCUT2D eigenvalue weighted by Gasteiger charge is 2.30. The number of nitrogens with one attached hydrogen (secondary N) is 1. The van der Waals surface area contributed by atoms with E-state index in [4.69, 9.17) is 14.6 Å². The Kier molecular flexibility index (Phi) is 10.1. The van der Waals surface area contributed by atoms with Gasteiger partial charge in [-0.05, 0) is 89.8 Å². The quantitative estimate of drug-likeness (QED) is 0.150. The molecule has 5 aromatic rings. The number of alkyl halides is 3. The summed E-state index contributed by atoms with van der Waals surface area (Å²) in [5.41, 5.74) is 2.70. The molecule has 0 radical (unpaired) electrons. The number of anilines is 2. The van der Waals surface area contributed by atoms with Gasteiger partial charge in [0.1, 0.15) is 23.9 Å². The van der Waals surface area contributed by atoms with Gasteiger partial charge in [0.25, 0.3) is 0 Å². The molecular weight excluding hydrogens is 609 g/mol. The zero-order chi connectivity index (χ0) is 33.4. The van der Waals surface area contributed by atoms with Gasteiger partial charge in [0, 0.05) is 30.4 Å². The summed E-state index contributed by atoms with van der Waals surface area (Å²) in [5, 5.41) is 12.0. The lowest BCUT2D eigenvalue weighted by Gasteiger charge is -2.20. The highest BCUT2D eigenvalue weighted by atomic mass is 19.4. The summed E-state index contributed by atoms with van der Waals surface area (Å²) in [6, 6.07) is 33.2. The lowest BCUT2D eigenvalue weighted by Crippen LogP contribution is -2.31. The molecule has 10 heteroatoms. The highest BCUT2D eigenvalue weighted by molar-refractivity contribution is 6.01. The molecule has 0 heterocycles. The molecule has 2 amide bonds. The van der Waals surface area contributed by atoms with Gasteiger partial charge in [0.2, 0.25) is 0 Å². The summed E-state index contributed by atoms with van der Waals surface area (Å²) in [5.74, 6) is 0.733. The van der Waals surface area contributed by atoms with Crippen LogP contribution in [0.15, 0.2) is 121 Å². The smallest absolute Gasteiger partial charge is 0.416 e. The summed E-state index contributed by atoms with van der Waals surface area (Å²) in [6.45, 7) is -0.142. The van der Waals surface area contributed by atoms with Crippen LogP contribution in [-0.4, -0.2) is 24.2 Å². The van der Waals surface area contributed by atoms with E-state index in [0.29, 0.717) is 50.9 Å². The number of nitrogens with zero attached hydrogens (tertiary/aromatic N) is 1. The summed E-state index contributed by atoms with van der Waals surface area (Å²) < 4.78 is 51.7. The van der Waals surface area contributed by atoms with Crippen molar-refractivity contribution in [1.29, 1.82) is 0 Å². The van der Waals surface area contributed by atoms with Crippen LogP contribution in [0.5, 0.6) is 17.2 Å². The Hall–Kier alpha value is -5.77. The Morgan fingerprint density at radius 3 is 2.23 bits per heavy atom. The number of hydrogen-bond acceptors (Lipinski definition) is 4. The van der Waals surface area contributed by atoms with E-state index in [1.165, 1.54) is 11.0 Å². The van der Waals surface area contributed by atoms with Crippen LogP contribution in [-0.2, 0) is 24.0 Å². The number of aryl methyl sites for hydroxylation is 1. The van der Waals surface area contributed by atoms with Crippen LogP contribution >= 0.6 is 0 Å². The number of carbonyl (C=O) groups excluding carboxylic acids is 1. The van der Waals surface area contributed by atoms with Crippen molar-refractivity contribution in [1.82, 2.24) is 0 Å². The summed E-state index contributed by atoms with van der Waals surface area (Å²) in [4.78, 5) is 25.8. The standard InChI is InChI=1S/C37H31F3N2O5/c1-42(36(45)41-29-15-17-32(18-16-29)47-31-11-3-2-4-12-31)30-10-6-8-27(23-30)33-19-13-25(14-20-35(43)44)22-34(33)46-24-26-7-5-9-28(21-26)37(38,39)40/h2-13,15-19,21-23H,14,20,24H2,1H3,(H,41,45)(H,43,44). The van der Waals surface area contributed by atoms with E-state index in [-0.39, 0.29) is 25.5 Å². The maximum Gasteiger partial charge on any atom is 0.416 e. The first-order valence-electron chi connectivity index (χ1n) is 14.7. The fourth-order valence-electron chi connectivity index (χ4n) is 4.77. The Labute approximate surface area is 269 Å². The van der Waals surface area contributed by atoms with E-state index in [9.17, 15) is 22.8 Å². The Balaban J connectivity index is 1.33. The van der Waals surface area contributed by atoms with Crippen molar-refractivity contribution < 1.29 is 37.3 Å². The first kappa shape index (κ1) is 32.6. The zero-order valence-corrected chi connectivity index (χ0v) is 25.3. The second-order valence-electron chi connectivity index (χ2n) is 10.7. The van der Waals surface area contributed by atoms with Crippen molar-refractivity contribution in [3.8, 4) is 28.4 Å². The molecule has 5 rings (SSSR count). The third-order valence-corrected chi connectivity index (χ3v) is 7.26. The molecule has 240 valence electrons. The minimum Gasteiger partial charge on any atom is -0.488 e. The van der Waals surface area contributed by atoms with Crippen molar-refractivity contribution in [2.75, 3.05) is 17.3 Å². The number of carbonyl (C=O) groups is 2. The van der Waals surface area contributed by atoms with Crippen LogP contribution in [0, 0.1) is 0 Å². The first-order valence-corrected chi connectivity index (χ1v) is 14.7. The molecule has 0 atom stereocenters. The SMILES string of the molecule is CN(C(=O)Nc1ccc(Oc2ccccc2)cc1)c1cccc(-c2ccc(CCC(=O)O)cc2OCc2cccc(C(F)(F)F)c2)c1. The van der Waals surface area contributed by atoms with Gasteiger partial charge in [-0.1, -0.05) is 54.6 Å².